The second-order valence-corrected chi connectivity index (χ2v) is 9.08. The highest BCUT2D eigenvalue weighted by Crippen LogP contribution is 2.54. The van der Waals surface area contributed by atoms with Crippen molar-refractivity contribution in [2.24, 2.45) is 5.92 Å². The summed E-state index contributed by atoms with van der Waals surface area (Å²) in [7, 11) is 1.86. The molecule has 1 heterocycles. The zero-order valence-electron chi connectivity index (χ0n) is 13.4. The van der Waals surface area contributed by atoms with Crippen LogP contribution in [0.1, 0.15) is 24.8 Å². The number of carbonyl (C=O) groups is 1. The van der Waals surface area contributed by atoms with Crippen LogP contribution in [0.4, 0.5) is 0 Å². The first-order valence-electron chi connectivity index (χ1n) is 8.08. The lowest BCUT2D eigenvalue weighted by Crippen LogP contribution is -2.46. The number of rotatable bonds is 4. The SMILES string of the molecule is CN(C(=O)C1CC1(Cl)Cl)C1CCN(Cc2ccc(Cl)c(Cl)c2)CC1. The number of amides is 1. The molecule has 2 fully saturated rings. The number of likely N-dealkylation sites (tertiary alicyclic amines) is 1. The van der Waals surface area contributed by atoms with E-state index in [0.717, 1.165) is 38.0 Å². The zero-order chi connectivity index (χ0) is 17.5. The molecule has 0 radical (unpaired) electrons. The van der Waals surface area contributed by atoms with E-state index in [-0.39, 0.29) is 17.9 Å². The average Bonchev–Trinajstić information content (AvgIpc) is 3.19. The van der Waals surface area contributed by atoms with Gasteiger partial charge in [0, 0.05) is 32.7 Å². The Morgan fingerprint density at radius 1 is 1.25 bits per heavy atom. The van der Waals surface area contributed by atoms with Crippen molar-refractivity contribution >= 4 is 52.3 Å². The minimum Gasteiger partial charge on any atom is -0.342 e. The Labute approximate surface area is 162 Å². The van der Waals surface area contributed by atoms with Gasteiger partial charge in [-0.05, 0) is 37.0 Å². The van der Waals surface area contributed by atoms with E-state index in [1.807, 2.05) is 30.1 Å². The minimum atomic E-state index is -0.847. The molecule has 7 heteroatoms. The van der Waals surface area contributed by atoms with Crippen LogP contribution in [0.25, 0.3) is 0 Å². The second-order valence-electron chi connectivity index (χ2n) is 6.72. The van der Waals surface area contributed by atoms with E-state index in [4.69, 9.17) is 46.4 Å². The van der Waals surface area contributed by atoms with E-state index >= 15 is 0 Å². The number of benzene rings is 1. The maximum absolute atomic E-state index is 12.4. The highest BCUT2D eigenvalue weighted by molar-refractivity contribution is 6.52. The first-order chi connectivity index (χ1) is 11.3. The molecule has 1 aliphatic heterocycles. The number of hydrogen-bond acceptors (Lipinski definition) is 2. The molecular formula is C17H20Cl4N2O. The van der Waals surface area contributed by atoms with Crippen LogP contribution >= 0.6 is 46.4 Å². The number of halogens is 4. The first kappa shape index (κ1) is 18.6. The Balaban J connectivity index is 1.50. The van der Waals surface area contributed by atoms with Gasteiger partial charge in [0.25, 0.3) is 0 Å². The van der Waals surface area contributed by atoms with Gasteiger partial charge < -0.3 is 4.90 Å². The lowest BCUT2D eigenvalue weighted by atomic mass is 10.0. The first-order valence-corrected chi connectivity index (χ1v) is 9.60. The number of nitrogens with zero attached hydrogens (tertiary/aromatic N) is 2. The van der Waals surface area contributed by atoms with Gasteiger partial charge in [-0.2, -0.15) is 0 Å². The van der Waals surface area contributed by atoms with Crippen LogP contribution < -0.4 is 0 Å². The van der Waals surface area contributed by atoms with Gasteiger partial charge >= 0.3 is 0 Å². The zero-order valence-corrected chi connectivity index (χ0v) is 16.5. The number of alkyl halides is 2. The normalized spacial score (nSPS) is 24.0. The molecular weight excluding hydrogens is 390 g/mol. The van der Waals surface area contributed by atoms with Gasteiger partial charge in [0.05, 0.1) is 16.0 Å². The molecule has 1 saturated carbocycles. The van der Waals surface area contributed by atoms with E-state index in [1.54, 1.807) is 0 Å². The van der Waals surface area contributed by atoms with Crippen LogP contribution in [-0.4, -0.2) is 46.2 Å². The van der Waals surface area contributed by atoms with Crippen molar-refractivity contribution in [1.29, 1.82) is 0 Å². The molecule has 3 nitrogen and oxygen atoms in total. The van der Waals surface area contributed by atoms with Gasteiger partial charge in [-0.3, -0.25) is 9.69 Å². The summed E-state index contributed by atoms with van der Waals surface area (Å²) in [6.07, 6.45) is 2.47. The molecule has 2 aliphatic rings. The molecule has 1 aromatic rings. The smallest absolute Gasteiger partial charge is 0.228 e. The largest absolute Gasteiger partial charge is 0.342 e. The molecule has 132 valence electrons. The lowest BCUT2D eigenvalue weighted by Gasteiger charge is -2.37. The van der Waals surface area contributed by atoms with E-state index in [9.17, 15) is 4.79 Å². The third-order valence-electron chi connectivity index (χ3n) is 4.97. The fourth-order valence-corrected chi connectivity index (χ4v) is 4.08. The van der Waals surface area contributed by atoms with Gasteiger partial charge in [-0.25, -0.2) is 0 Å². The summed E-state index contributed by atoms with van der Waals surface area (Å²) in [5.74, 6) is -0.164. The third kappa shape index (κ3) is 4.13. The van der Waals surface area contributed by atoms with Crippen molar-refractivity contribution in [1.82, 2.24) is 9.80 Å². The molecule has 0 N–H and O–H groups in total. The minimum absolute atomic E-state index is 0.0722. The monoisotopic (exact) mass is 408 g/mol. The summed E-state index contributed by atoms with van der Waals surface area (Å²) in [5, 5.41) is 1.17. The topological polar surface area (TPSA) is 23.6 Å². The number of piperidine rings is 1. The predicted molar refractivity (Wildman–Crippen MR) is 100 cm³/mol. The maximum atomic E-state index is 12.4. The van der Waals surface area contributed by atoms with Crippen LogP contribution in [0.15, 0.2) is 18.2 Å². The van der Waals surface area contributed by atoms with Crippen LogP contribution in [0.5, 0.6) is 0 Å². The fraction of sp³-hybridized carbons (Fsp3) is 0.588. The summed E-state index contributed by atoms with van der Waals surface area (Å²) in [6.45, 7) is 2.73. The van der Waals surface area contributed by atoms with Crippen molar-refractivity contribution in [3.63, 3.8) is 0 Å². The molecule has 1 amide bonds. The molecule has 1 saturated heterocycles. The van der Waals surface area contributed by atoms with Crippen molar-refractivity contribution in [3.05, 3.63) is 33.8 Å². The fourth-order valence-electron chi connectivity index (χ4n) is 3.27. The Morgan fingerprint density at radius 2 is 1.88 bits per heavy atom. The van der Waals surface area contributed by atoms with Gasteiger partial charge in [-0.15, -0.1) is 23.2 Å². The molecule has 0 bridgehead atoms. The third-order valence-corrected chi connectivity index (χ3v) is 6.54. The molecule has 1 aliphatic carbocycles. The van der Waals surface area contributed by atoms with E-state index in [1.165, 1.54) is 0 Å². The van der Waals surface area contributed by atoms with Crippen LogP contribution in [0.2, 0.25) is 10.0 Å². The van der Waals surface area contributed by atoms with Crippen LogP contribution in [0, 0.1) is 5.92 Å². The van der Waals surface area contributed by atoms with Crippen LogP contribution in [0.3, 0.4) is 0 Å². The summed E-state index contributed by atoms with van der Waals surface area (Å²) in [6, 6.07) is 6.01. The summed E-state index contributed by atoms with van der Waals surface area (Å²) >= 11 is 24.1. The lowest BCUT2D eigenvalue weighted by molar-refractivity contribution is -0.134. The summed E-state index contributed by atoms with van der Waals surface area (Å²) in [4.78, 5) is 16.6. The van der Waals surface area contributed by atoms with E-state index in [0.29, 0.717) is 16.5 Å². The molecule has 1 atom stereocenters. The predicted octanol–water partition coefficient (Wildman–Crippen LogP) is 4.61. The molecule has 0 spiro atoms. The standard InChI is InChI=1S/C17H20Cl4N2O/c1-22(16(24)13-9-17(13,20)21)12-4-6-23(7-5-12)10-11-2-3-14(18)15(19)8-11/h2-3,8,12-13H,4-7,9-10H2,1H3. The van der Waals surface area contributed by atoms with Crippen molar-refractivity contribution in [3.8, 4) is 0 Å². The highest BCUT2D eigenvalue weighted by atomic mass is 35.5. The number of hydrogen-bond donors (Lipinski definition) is 0. The Bertz CT molecular complexity index is 629. The average molecular weight is 410 g/mol. The van der Waals surface area contributed by atoms with Crippen molar-refractivity contribution in [2.45, 2.75) is 36.2 Å². The Hall–Kier alpha value is -0.190. The van der Waals surface area contributed by atoms with Gasteiger partial charge in [0.2, 0.25) is 5.91 Å². The van der Waals surface area contributed by atoms with Gasteiger partial charge in [0.1, 0.15) is 4.33 Å². The van der Waals surface area contributed by atoms with Crippen molar-refractivity contribution in [2.75, 3.05) is 20.1 Å². The Morgan fingerprint density at radius 3 is 2.42 bits per heavy atom. The summed E-state index contributed by atoms with van der Waals surface area (Å²) in [5.41, 5.74) is 1.15. The summed E-state index contributed by atoms with van der Waals surface area (Å²) < 4.78 is -0.847. The highest BCUT2D eigenvalue weighted by Gasteiger charge is 2.57. The van der Waals surface area contributed by atoms with E-state index < -0.39 is 4.33 Å². The molecule has 0 aromatic heterocycles. The van der Waals surface area contributed by atoms with Crippen LogP contribution in [-0.2, 0) is 11.3 Å². The molecule has 3 rings (SSSR count). The van der Waals surface area contributed by atoms with E-state index in [2.05, 4.69) is 4.90 Å². The Kier molecular flexibility index (Phi) is 5.58. The van der Waals surface area contributed by atoms with Gasteiger partial charge in [0.15, 0.2) is 0 Å². The number of carbonyl (C=O) groups excluding carboxylic acids is 1. The molecule has 1 aromatic carbocycles. The molecule has 1 unspecified atom stereocenters. The van der Waals surface area contributed by atoms with Crippen molar-refractivity contribution < 1.29 is 4.79 Å². The maximum Gasteiger partial charge on any atom is 0.228 e. The quantitative estimate of drug-likeness (QED) is 0.677. The molecule has 24 heavy (non-hydrogen) atoms. The second kappa shape index (κ2) is 7.20. The van der Waals surface area contributed by atoms with Gasteiger partial charge in [-0.1, -0.05) is 29.3 Å².